The lowest BCUT2D eigenvalue weighted by molar-refractivity contribution is -0.262. The van der Waals surface area contributed by atoms with Crippen molar-refractivity contribution in [3.63, 3.8) is 0 Å². The second kappa shape index (κ2) is 10.1. The zero-order chi connectivity index (χ0) is 31.3. The average molecular weight is 589 g/mol. The summed E-state index contributed by atoms with van der Waals surface area (Å²) in [6, 6.07) is 0. The molecule has 0 unspecified atom stereocenters. The van der Waals surface area contributed by atoms with E-state index in [4.69, 9.17) is 4.74 Å². The predicted octanol–water partition coefficient (Wildman–Crippen LogP) is 4.54. The van der Waals surface area contributed by atoms with Crippen molar-refractivity contribution in [3.8, 4) is 0 Å². The summed E-state index contributed by atoms with van der Waals surface area (Å²) in [5.74, 6) is -0.241. The summed E-state index contributed by atoms with van der Waals surface area (Å²) in [4.78, 5) is 12.9. The Labute approximate surface area is 252 Å². The molecule has 0 spiro atoms. The molecule has 5 N–H and O–H groups in total. The van der Waals surface area contributed by atoms with E-state index >= 15 is 0 Å². The standard InChI is InChI=1S/C35H56O7/c1-9-20(2)29(41)42-28-27(40)35(19-37)22(16-30(28,3)4)21-10-11-24-31(5)14-13-25(38)32(6,18-36)23(31)12-15-33(24,7)34(21,8)17-26(35)39/h9-10,22-28,36-40H,11-19H2,1-8H3/b20-9+/t22-,23+,24+,25-,26+,27+,28+,31-,32+,33+,34+,35-/m0/s1. The first kappa shape index (κ1) is 32.2. The number of esters is 1. The van der Waals surface area contributed by atoms with Crippen LogP contribution in [0.4, 0.5) is 0 Å². The van der Waals surface area contributed by atoms with Crippen molar-refractivity contribution in [1.82, 2.24) is 0 Å². The van der Waals surface area contributed by atoms with Crippen LogP contribution in [-0.2, 0) is 9.53 Å². The number of fused-ring (bicyclic) bond motifs is 7. The third kappa shape index (κ3) is 3.92. The Hall–Kier alpha value is -1.25. The molecule has 0 amide bonds. The number of carbonyl (C=O) groups is 1. The summed E-state index contributed by atoms with van der Waals surface area (Å²) in [6.45, 7) is 16.2. The molecule has 7 heteroatoms. The maximum atomic E-state index is 12.9. The highest BCUT2D eigenvalue weighted by molar-refractivity contribution is 5.87. The van der Waals surface area contributed by atoms with Gasteiger partial charge in [-0.05, 0) is 92.8 Å². The van der Waals surface area contributed by atoms with Gasteiger partial charge in [-0.25, -0.2) is 4.79 Å². The SMILES string of the molecule is C/C=C(\C)C(=O)O[C@@H]1[C@@H](O)[C@]2(CO)[C@H](O)C[C@]3(C)C(=CC[C@@H]4[C@@]5(C)CC[C@H](O)[C@](C)(CO)[C@@H]5CC[C@]43C)[C@@H]2CC1(C)C. The highest BCUT2D eigenvalue weighted by Gasteiger charge is 2.72. The van der Waals surface area contributed by atoms with Crippen molar-refractivity contribution in [3.05, 3.63) is 23.3 Å². The van der Waals surface area contributed by atoms with Crippen molar-refractivity contribution in [2.75, 3.05) is 13.2 Å². The van der Waals surface area contributed by atoms with Crippen LogP contribution in [0.1, 0.15) is 100 Å². The lowest BCUT2D eigenvalue weighted by Crippen LogP contribution is -2.72. The summed E-state index contributed by atoms with van der Waals surface area (Å²) in [6.07, 6.45) is 5.72. The van der Waals surface area contributed by atoms with E-state index in [0.717, 1.165) is 25.7 Å². The van der Waals surface area contributed by atoms with Crippen molar-refractivity contribution in [2.45, 2.75) is 125 Å². The highest BCUT2D eigenvalue weighted by Crippen LogP contribution is 2.75. The van der Waals surface area contributed by atoms with Crippen molar-refractivity contribution >= 4 is 5.97 Å². The molecular formula is C35H56O7. The first-order chi connectivity index (χ1) is 19.4. The summed E-state index contributed by atoms with van der Waals surface area (Å²) >= 11 is 0. The number of hydrogen-bond donors (Lipinski definition) is 5. The molecule has 238 valence electrons. The number of rotatable bonds is 4. The van der Waals surface area contributed by atoms with Crippen LogP contribution in [0.3, 0.4) is 0 Å². The van der Waals surface area contributed by atoms with E-state index in [1.807, 2.05) is 13.8 Å². The molecule has 5 aliphatic carbocycles. The molecule has 5 rings (SSSR count). The monoisotopic (exact) mass is 588 g/mol. The maximum Gasteiger partial charge on any atom is 0.333 e. The predicted molar refractivity (Wildman–Crippen MR) is 161 cm³/mol. The Morgan fingerprint density at radius 2 is 1.62 bits per heavy atom. The lowest BCUT2D eigenvalue weighted by Gasteiger charge is -2.72. The smallest absolute Gasteiger partial charge is 0.333 e. The van der Waals surface area contributed by atoms with E-state index in [9.17, 15) is 30.3 Å². The van der Waals surface area contributed by atoms with Gasteiger partial charge in [0.25, 0.3) is 0 Å². The topological polar surface area (TPSA) is 127 Å². The second-order valence-electron chi connectivity index (χ2n) is 16.5. The third-order valence-electron chi connectivity index (χ3n) is 14.5. The second-order valence-corrected chi connectivity index (χ2v) is 16.5. The fourth-order valence-electron chi connectivity index (χ4n) is 11.5. The molecule has 4 fully saturated rings. The largest absolute Gasteiger partial charge is 0.456 e. The summed E-state index contributed by atoms with van der Waals surface area (Å²) in [7, 11) is 0. The highest BCUT2D eigenvalue weighted by atomic mass is 16.6. The molecule has 0 aromatic rings. The molecule has 0 bridgehead atoms. The quantitative estimate of drug-likeness (QED) is 0.185. The molecule has 4 saturated carbocycles. The van der Waals surface area contributed by atoms with E-state index in [1.54, 1.807) is 19.9 Å². The first-order valence-corrected chi connectivity index (χ1v) is 16.2. The molecule has 5 aliphatic rings. The minimum absolute atomic E-state index is 0.0255. The van der Waals surface area contributed by atoms with Gasteiger partial charge in [0.2, 0.25) is 0 Å². The van der Waals surface area contributed by atoms with Crippen LogP contribution in [0, 0.1) is 50.2 Å². The van der Waals surface area contributed by atoms with Gasteiger partial charge in [-0.3, -0.25) is 0 Å². The summed E-state index contributed by atoms with van der Waals surface area (Å²) in [5, 5.41) is 56.6. The number of ether oxygens (including phenoxy) is 1. The van der Waals surface area contributed by atoms with E-state index < -0.39 is 53.2 Å². The molecule has 0 radical (unpaired) electrons. The third-order valence-corrected chi connectivity index (χ3v) is 14.5. The van der Waals surface area contributed by atoms with E-state index in [-0.39, 0.29) is 34.7 Å². The minimum atomic E-state index is -1.23. The molecule has 0 saturated heterocycles. The first-order valence-electron chi connectivity index (χ1n) is 16.2. The number of allylic oxidation sites excluding steroid dienone is 3. The number of carbonyl (C=O) groups excluding carboxylic acids is 1. The van der Waals surface area contributed by atoms with Gasteiger partial charge in [-0.15, -0.1) is 0 Å². The van der Waals surface area contributed by atoms with E-state index in [0.29, 0.717) is 30.8 Å². The van der Waals surface area contributed by atoms with E-state index in [2.05, 4.69) is 33.8 Å². The molecular weight excluding hydrogens is 532 g/mol. The van der Waals surface area contributed by atoms with Crippen LogP contribution < -0.4 is 0 Å². The van der Waals surface area contributed by atoms with Crippen molar-refractivity contribution in [2.24, 2.45) is 50.2 Å². The molecule has 0 aromatic heterocycles. The van der Waals surface area contributed by atoms with Crippen molar-refractivity contribution < 1.29 is 35.1 Å². The molecule has 0 aliphatic heterocycles. The van der Waals surface area contributed by atoms with Gasteiger partial charge in [-0.2, -0.15) is 0 Å². The maximum absolute atomic E-state index is 12.9. The Balaban J connectivity index is 1.58. The summed E-state index contributed by atoms with van der Waals surface area (Å²) < 4.78 is 5.93. The van der Waals surface area contributed by atoms with Gasteiger partial charge < -0.3 is 30.3 Å². The van der Waals surface area contributed by atoms with Crippen LogP contribution in [-0.4, -0.2) is 69.1 Å². The van der Waals surface area contributed by atoms with Crippen LogP contribution in [0.15, 0.2) is 23.3 Å². The van der Waals surface area contributed by atoms with Crippen LogP contribution in [0.5, 0.6) is 0 Å². The molecule has 7 nitrogen and oxygen atoms in total. The minimum Gasteiger partial charge on any atom is -0.456 e. The summed E-state index contributed by atoms with van der Waals surface area (Å²) in [5.41, 5.74) is -1.25. The molecule has 12 atom stereocenters. The Morgan fingerprint density at radius 1 is 0.952 bits per heavy atom. The van der Waals surface area contributed by atoms with Gasteiger partial charge >= 0.3 is 5.97 Å². The van der Waals surface area contributed by atoms with Crippen LogP contribution in [0.25, 0.3) is 0 Å². The Morgan fingerprint density at radius 3 is 2.21 bits per heavy atom. The fraction of sp³-hybridized carbons (Fsp3) is 0.857. The number of hydrogen-bond acceptors (Lipinski definition) is 7. The zero-order valence-electron chi connectivity index (χ0n) is 27.1. The van der Waals surface area contributed by atoms with Gasteiger partial charge in [0, 0.05) is 16.4 Å². The van der Waals surface area contributed by atoms with E-state index in [1.165, 1.54) is 5.57 Å². The average Bonchev–Trinajstić information content (AvgIpc) is 2.93. The van der Waals surface area contributed by atoms with Gasteiger partial charge in [0.05, 0.1) is 30.8 Å². The van der Waals surface area contributed by atoms with Gasteiger partial charge in [-0.1, -0.05) is 59.3 Å². The zero-order valence-corrected chi connectivity index (χ0v) is 27.1. The number of aliphatic hydroxyl groups excluding tert-OH is 5. The molecule has 0 heterocycles. The van der Waals surface area contributed by atoms with Crippen molar-refractivity contribution in [1.29, 1.82) is 0 Å². The normalized spacial score (nSPS) is 51.8. The number of aliphatic hydroxyl groups is 5. The Kier molecular flexibility index (Phi) is 7.76. The van der Waals surface area contributed by atoms with Crippen LogP contribution >= 0.6 is 0 Å². The molecule has 42 heavy (non-hydrogen) atoms. The fourth-order valence-corrected chi connectivity index (χ4v) is 11.5. The van der Waals surface area contributed by atoms with Gasteiger partial charge in [0.1, 0.15) is 12.2 Å². The molecule has 0 aromatic carbocycles. The van der Waals surface area contributed by atoms with Crippen LogP contribution in [0.2, 0.25) is 0 Å². The lowest BCUT2D eigenvalue weighted by atomic mass is 9.33. The Bertz CT molecular complexity index is 1160. The van der Waals surface area contributed by atoms with Gasteiger partial charge in [0.15, 0.2) is 0 Å².